The van der Waals surface area contributed by atoms with E-state index in [9.17, 15) is 14.4 Å². The second-order valence-electron chi connectivity index (χ2n) is 10.6. The van der Waals surface area contributed by atoms with E-state index < -0.39 is 23.5 Å². The topological polar surface area (TPSA) is 99.1 Å². The molecule has 0 fully saturated rings. The van der Waals surface area contributed by atoms with Crippen molar-refractivity contribution >= 4 is 60.4 Å². The number of rotatable bonds is 15. The van der Waals surface area contributed by atoms with Crippen LogP contribution >= 0.6 is 22.7 Å². The van der Waals surface area contributed by atoms with Gasteiger partial charge in [0.25, 0.3) is 0 Å². The SMILES string of the molecule is COc1cc2sc(C(=O)C[C@H](C)C(=O)O)cc2c(F)c1CCCOc1c(OC)cc2sc(CC[C@H](C)C(C)=O)cc2c1F. The van der Waals surface area contributed by atoms with Gasteiger partial charge in [0.05, 0.1) is 31.6 Å². The molecule has 7 nitrogen and oxygen atoms in total. The fourth-order valence-corrected chi connectivity index (χ4v) is 6.86. The zero-order chi connectivity index (χ0) is 31.4. The molecule has 1 N–H and O–H groups in total. The summed E-state index contributed by atoms with van der Waals surface area (Å²) >= 11 is 2.55. The van der Waals surface area contributed by atoms with Gasteiger partial charge in [0.1, 0.15) is 17.3 Å². The van der Waals surface area contributed by atoms with Crippen LogP contribution in [0.4, 0.5) is 8.78 Å². The van der Waals surface area contributed by atoms with Crippen LogP contribution in [-0.4, -0.2) is 43.5 Å². The Morgan fingerprint density at radius 1 is 0.884 bits per heavy atom. The molecule has 0 amide bonds. The Morgan fingerprint density at radius 2 is 1.53 bits per heavy atom. The lowest BCUT2D eigenvalue weighted by molar-refractivity contribution is -0.141. The molecule has 43 heavy (non-hydrogen) atoms. The minimum atomic E-state index is -1.07. The number of carboxylic acids is 1. The predicted octanol–water partition coefficient (Wildman–Crippen LogP) is 7.87. The summed E-state index contributed by atoms with van der Waals surface area (Å²) in [6.07, 6.45) is 1.73. The van der Waals surface area contributed by atoms with E-state index in [2.05, 4.69) is 0 Å². The molecule has 0 radical (unpaired) electrons. The molecule has 2 atom stereocenters. The van der Waals surface area contributed by atoms with Crippen molar-refractivity contribution in [3.05, 3.63) is 51.2 Å². The van der Waals surface area contributed by atoms with E-state index in [0.29, 0.717) is 40.7 Å². The van der Waals surface area contributed by atoms with Gasteiger partial charge >= 0.3 is 5.97 Å². The molecule has 0 spiro atoms. The summed E-state index contributed by atoms with van der Waals surface area (Å²) < 4.78 is 49.1. The molecule has 0 saturated heterocycles. The number of hydrogen-bond acceptors (Lipinski definition) is 8. The fraction of sp³-hybridized carbons (Fsp3) is 0.406. The Morgan fingerprint density at radius 3 is 2.19 bits per heavy atom. The molecular weight excluding hydrogens is 598 g/mol. The maximum Gasteiger partial charge on any atom is 0.306 e. The first-order valence-corrected chi connectivity index (χ1v) is 15.5. The third kappa shape index (κ3) is 7.15. The smallest absolute Gasteiger partial charge is 0.306 e. The van der Waals surface area contributed by atoms with Crippen LogP contribution in [0.5, 0.6) is 17.2 Å². The molecule has 0 aliphatic carbocycles. The van der Waals surface area contributed by atoms with E-state index in [0.717, 1.165) is 20.9 Å². The number of aliphatic carboxylic acids is 1. The third-order valence-corrected chi connectivity index (χ3v) is 9.78. The highest BCUT2D eigenvalue weighted by Crippen LogP contribution is 2.41. The first kappa shape index (κ1) is 32.3. The first-order valence-electron chi connectivity index (χ1n) is 13.9. The molecule has 2 aromatic heterocycles. The maximum atomic E-state index is 15.6. The van der Waals surface area contributed by atoms with Gasteiger partial charge in [-0.1, -0.05) is 13.8 Å². The van der Waals surface area contributed by atoms with Crippen LogP contribution < -0.4 is 14.2 Å². The molecule has 4 aromatic rings. The normalized spacial score (nSPS) is 12.8. The van der Waals surface area contributed by atoms with E-state index in [4.69, 9.17) is 19.3 Å². The van der Waals surface area contributed by atoms with Gasteiger partial charge in [0.15, 0.2) is 23.1 Å². The number of fused-ring (bicyclic) bond motifs is 2. The number of halogens is 2. The molecule has 0 unspecified atom stereocenters. The lowest BCUT2D eigenvalue weighted by atomic mass is 10.0. The Hall–Kier alpha value is -3.57. The van der Waals surface area contributed by atoms with E-state index in [-0.39, 0.29) is 58.7 Å². The Bertz CT molecular complexity index is 1670. The highest BCUT2D eigenvalue weighted by Gasteiger charge is 2.23. The number of methoxy groups -OCH3 is 2. The number of benzene rings is 2. The number of carbonyl (C=O) groups is 3. The van der Waals surface area contributed by atoms with Crippen LogP contribution in [0.15, 0.2) is 24.3 Å². The summed E-state index contributed by atoms with van der Waals surface area (Å²) in [6, 6.07) is 6.64. The largest absolute Gasteiger partial charge is 0.496 e. The van der Waals surface area contributed by atoms with Gasteiger partial charge in [-0.05, 0) is 50.8 Å². The molecule has 0 bridgehead atoms. The van der Waals surface area contributed by atoms with E-state index in [1.807, 2.05) is 6.92 Å². The van der Waals surface area contributed by atoms with Crippen LogP contribution in [0.1, 0.15) is 60.1 Å². The van der Waals surface area contributed by atoms with Crippen molar-refractivity contribution in [2.75, 3.05) is 20.8 Å². The fourth-order valence-electron chi connectivity index (χ4n) is 4.73. The molecule has 0 aliphatic rings. The van der Waals surface area contributed by atoms with E-state index in [1.165, 1.54) is 38.5 Å². The van der Waals surface area contributed by atoms with Crippen molar-refractivity contribution in [3.63, 3.8) is 0 Å². The number of Topliss-reactive ketones (excluding diaryl/α,β-unsaturated/α-hetero) is 2. The number of ketones is 2. The van der Waals surface area contributed by atoms with Gasteiger partial charge < -0.3 is 19.3 Å². The lowest BCUT2D eigenvalue weighted by Gasteiger charge is -2.14. The number of hydrogen-bond donors (Lipinski definition) is 1. The van der Waals surface area contributed by atoms with Gasteiger partial charge in [0, 0.05) is 49.0 Å². The number of aryl methyl sites for hydroxylation is 1. The van der Waals surface area contributed by atoms with Crippen molar-refractivity contribution in [1.82, 2.24) is 0 Å². The monoisotopic (exact) mass is 632 g/mol. The molecule has 2 heterocycles. The maximum absolute atomic E-state index is 15.6. The van der Waals surface area contributed by atoms with Gasteiger partial charge in [0.2, 0.25) is 0 Å². The minimum absolute atomic E-state index is 0.0177. The molecule has 0 saturated carbocycles. The average Bonchev–Trinajstić information content (AvgIpc) is 3.60. The molecule has 0 aliphatic heterocycles. The number of ether oxygens (including phenoxy) is 3. The lowest BCUT2D eigenvalue weighted by Crippen LogP contribution is -2.13. The van der Waals surface area contributed by atoms with Gasteiger partial charge in [-0.3, -0.25) is 14.4 Å². The van der Waals surface area contributed by atoms with Crippen molar-refractivity contribution in [1.29, 1.82) is 0 Å². The molecule has 230 valence electrons. The summed E-state index contributed by atoms with van der Waals surface area (Å²) in [5.74, 6) is -2.71. The minimum Gasteiger partial charge on any atom is -0.496 e. The van der Waals surface area contributed by atoms with Crippen molar-refractivity contribution in [3.8, 4) is 17.2 Å². The Balaban J connectivity index is 1.48. The highest BCUT2D eigenvalue weighted by molar-refractivity contribution is 7.21. The van der Waals surface area contributed by atoms with Crippen molar-refractivity contribution < 1.29 is 42.5 Å². The standard InChI is InChI=1S/C32H34F2O7S2/c1-16(18(3)35)8-9-19-12-21-26(42-19)15-25(40-5)31(30(21)34)41-10-6-7-20-24(39-4)14-27-22(29(20)33)13-28(43-27)23(36)11-17(2)32(37)38/h12-17H,6-11H2,1-5H3,(H,37,38)/t16-,17-/m0/s1. The van der Waals surface area contributed by atoms with E-state index in [1.54, 1.807) is 25.1 Å². The molecular formula is C32H34F2O7S2. The number of thiophene rings is 2. The van der Waals surface area contributed by atoms with Crippen LogP contribution in [-0.2, 0) is 22.4 Å². The number of carbonyl (C=O) groups excluding carboxylic acids is 2. The molecule has 11 heteroatoms. The third-order valence-electron chi connectivity index (χ3n) is 7.52. The Kier molecular flexibility index (Phi) is 10.4. The molecule has 2 aromatic carbocycles. The van der Waals surface area contributed by atoms with E-state index >= 15 is 8.78 Å². The quantitative estimate of drug-likeness (QED) is 0.105. The summed E-state index contributed by atoms with van der Waals surface area (Å²) in [5.41, 5.74) is 0.305. The second kappa shape index (κ2) is 13.8. The van der Waals surface area contributed by atoms with Crippen LogP contribution in [0.3, 0.4) is 0 Å². The highest BCUT2D eigenvalue weighted by atomic mass is 32.1. The summed E-state index contributed by atoms with van der Waals surface area (Å²) in [4.78, 5) is 36.6. The van der Waals surface area contributed by atoms with Gasteiger partial charge in [-0.25, -0.2) is 8.78 Å². The number of carboxylic acid groups (broad SMARTS) is 1. The van der Waals surface area contributed by atoms with Crippen LogP contribution in [0.2, 0.25) is 0 Å². The van der Waals surface area contributed by atoms with Crippen molar-refractivity contribution in [2.45, 2.75) is 52.9 Å². The summed E-state index contributed by atoms with van der Waals surface area (Å²) in [7, 11) is 2.87. The van der Waals surface area contributed by atoms with Crippen LogP contribution in [0, 0.1) is 23.5 Å². The summed E-state index contributed by atoms with van der Waals surface area (Å²) in [5, 5.41) is 9.80. The summed E-state index contributed by atoms with van der Waals surface area (Å²) in [6.45, 7) is 4.98. The second-order valence-corrected chi connectivity index (χ2v) is 12.9. The zero-order valence-electron chi connectivity index (χ0n) is 24.7. The zero-order valence-corrected chi connectivity index (χ0v) is 26.3. The first-order chi connectivity index (χ1) is 20.4. The van der Waals surface area contributed by atoms with Gasteiger partial charge in [-0.2, -0.15) is 0 Å². The van der Waals surface area contributed by atoms with Crippen molar-refractivity contribution in [2.24, 2.45) is 11.8 Å². The Labute approximate surface area is 256 Å². The predicted molar refractivity (Wildman–Crippen MR) is 164 cm³/mol. The average molecular weight is 633 g/mol. The molecule has 4 rings (SSSR count). The van der Waals surface area contributed by atoms with Crippen LogP contribution in [0.25, 0.3) is 20.2 Å². The van der Waals surface area contributed by atoms with Gasteiger partial charge in [-0.15, -0.1) is 22.7 Å².